The lowest BCUT2D eigenvalue weighted by Gasteiger charge is -2.39. The quantitative estimate of drug-likeness (QED) is 0.699. The predicted molar refractivity (Wildman–Crippen MR) is 77.8 cm³/mol. The van der Waals surface area contributed by atoms with E-state index in [1.165, 1.54) is 25.7 Å². The molecular formula is C15H32N2O. The molecule has 0 aromatic heterocycles. The lowest BCUT2D eigenvalue weighted by Crippen LogP contribution is -2.45. The van der Waals surface area contributed by atoms with Crippen LogP contribution in [0.3, 0.4) is 0 Å². The molecule has 1 atom stereocenters. The van der Waals surface area contributed by atoms with Crippen LogP contribution >= 0.6 is 0 Å². The lowest BCUT2D eigenvalue weighted by atomic mass is 9.84. The van der Waals surface area contributed by atoms with Crippen molar-refractivity contribution in [2.24, 2.45) is 5.41 Å². The van der Waals surface area contributed by atoms with Crippen LogP contribution in [0, 0.1) is 5.41 Å². The number of nitrogens with one attached hydrogen (secondary N) is 1. The summed E-state index contributed by atoms with van der Waals surface area (Å²) in [5.74, 6) is 0. The highest BCUT2D eigenvalue weighted by Gasteiger charge is 2.27. The molecule has 1 aliphatic carbocycles. The molecule has 1 unspecified atom stereocenters. The van der Waals surface area contributed by atoms with E-state index >= 15 is 0 Å². The topological polar surface area (TPSA) is 35.5 Å². The number of hydrogen-bond donors (Lipinski definition) is 2. The fourth-order valence-corrected chi connectivity index (χ4v) is 2.81. The van der Waals surface area contributed by atoms with E-state index in [0.29, 0.717) is 18.1 Å². The van der Waals surface area contributed by atoms with Crippen molar-refractivity contribution in [1.29, 1.82) is 0 Å². The minimum absolute atomic E-state index is 0.316. The minimum Gasteiger partial charge on any atom is -0.396 e. The van der Waals surface area contributed by atoms with Gasteiger partial charge in [0.1, 0.15) is 0 Å². The molecule has 0 saturated heterocycles. The van der Waals surface area contributed by atoms with Gasteiger partial charge in [0.05, 0.1) is 0 Å². The number of hydrogen-bond acceptors (Lipinski definition) is 3. The van der Waals surface area contributed by atoms with E-state index in [0.717, 1.165) is 25.6 Å². The van der Waals surface area contributed by atoms with Gasteiger partial charge in [-0.15, -0.1) is 0 Å². The maximum Gasteiger partial charge on any atom is 0.0443 e. The van der Waals surface area contributed by atoms with Crippen LogP contribution in [0.2, 0.25) is 0 Å². The molecule has 18 heavy (non-hydrogen) atoms. The molecule has 0 aromatic rings. The van der Waals surface area contributed by atoms with Crippen molar-refractivity contribution >= 4 is 0 Å². The molecule has 0 radical (unpaired) electrons. The van der Waals surface area contributed by atoms with E-state index in [2.05, 4.69) is 38.0 Å². The third-order valence-corrected chi connectivity index (χ3v) is 4.29. The van der Waals surface area contributed by atoms with Crippen molar-refractivity contribution in [3.05, 3.63) is 0 Å². The summed E-state index contributed by atoms with van der Waals surface area (Å²) < 4.78 is 0. The second-order valence-corrected chi connectivity index (χ2v) is 6.69. The van der Waals surface area contributed by atoms with Gasteiger partial charge in [-0.3, -0.25) is 0 Å². The Bertz CT molecular complexity index is 221. The maximum absolute atomic E-state index is 9.00. The van der Waals surface area contributed by atoms with Crippen molar-refractivity contribution in [3.8, 4) is 0 Å². The zero-order valence-electron chi connectivity index (χ0n) is 12.7. The third kappa shape index (κ3) is 4.87. The van der Waals surface area contributed by atoms with Crippen LogP contribution in [0.15, 0.2) is 0 Å². The summed E-state index contributed by atoms with van der Waals surface area (Å²) in [6.07, 6.45) is 6.20. The van der Waals surface area contributed by atoms with Crippen LogP contribution in [0.1, 0.15) is 52.9 Å². The average Bonchev–Trinajstić information content (AvgIpc) is 2.21. The van der Waals surface area contributed by atoms with E-state index < -0.39 is 0 Å². The van der Waals surface area contributed by atoms with E-state index in [4.69, 9.17) is 5.11 Å². The molecule has 0 bridgehead atoms. The van der Waals surface area contributed by atoms with Gasteiger partial charge < -0.3 is 15.3 Å². The Labute approximate surface area is 113 Å². The first kappa shape index (κ1) is 15.9. The van der Waals surface area contributed by atoms with Crippen LogP contribution in [0.25, 0.3) is 0 Å². The van der Waals surface area contributed by atoms with Crippen LogP contribution in [-0.4, -0.2) is 48.8 Å². The summed E-state index contributed by atoms with van der Waals surface area (Å²) in [6, 6.07) is 1.35. The molecule has 0 aromatic carbocycles. The molecule has 0 aliphatic heterocycles. The van der Waals surface area contributed by atoms with Gasteiger partial charge in [0.25, 0.3) is 0 Å². The Hall–Kier alpha value is -0.120. The Balaban J connectivity index is 2.39. The number of aliphatic hydroxyl groups excluding tert-OH is 1. The molecule has 108 valence electrons. The molecule has 1 aliphatic rings. The monoisotopic (exact) mass is 256 g/mol. The molecule has 3 heteroatoms. The molecule has 1 rings (SSSR count). The summed E-state index contributed by atoms with van der Waals surface area (Å²) in [6.45, 7) is 9.44. The number of nitrogens with zero attached hydrogens (tertiary/aromatic N) is 1. The SMILES string of the molecule is CNC(CCN(CCCO)C1CCC1)C(C)(C)C. The summed E-state index contributed by atoms with van der Waals surface area (Å²) in [7, 11) is 2.07. The molecule has 0 heterocycles. The summed E-state index contributed by atoms with van der Waals surface area (Å²) in [5.41, 5.74) is 0.316. The first-order valence-electron chi connectivity index (χ1n) is 7.51. The van der Waals surface area contributed by atoms with Gasteiger partial charge in [0, 0.05) is 25.2 Å². The molecule has 1 saturated carbocycles. The van der Waals surface area contributed by atoms with Crippen molar-refractivity contribution in [1.82, 2.24) is 10.2 Å². The van der Waals surface area contributed by atoms with Crippen LogP contribution in [0.5, 0.6) is 0 Å². The van der Waals surface area contributed by atoms with E-state index in [1.54, 1.807) is 0 Å². The molecular weight excluding hydrogens is 224 g/mol. The number of aliphatic hydroxyl groups is 1. The van der Waals surface area contributed by atoms with Crippen molar-refractivity contribution in [2.75, 3.05) is 26.7 Å². The summed E-state index contributed by atoms with van der Waals surface area (Å²) in [4.78, 5) is 2.59. The highest BCUT2D eigenvalue weighted by Crippen LogP contribution is 2.27. The van der Waals surface area contributed by atoms with Gasteiger partial charge in [-0.1, -0.05) is 27.2 Å². The van der Waals surface area contributed by atoms with Crippen molar-refractivity contribution < 1.29 is 5.11 Å². The smallest absolute Gasteiger partial charge is 0.0443 e. The van der Waals surface area contributed by atoms with Gasteiger partial charge in [-0.05, 0) is 44.7 Å². The maximum atomic E-state index is 9.00. The minimum atomic E-state index is 0.316. The van der Waals surface area contributed by atoms with Crippen molar-refractivity contribution in [3.63, 3.8) is 0 Å². The fourth-order valence-electron chi connectivity index (χ4n) is 2.81. The Morgan fingerprint density at radius 2 is 1.94 bits per heavy atom. The van der Waals surface area contributed by atoms with E-state index in [1.807, 2.05) is 0 Å². The number of rotatable bonds is 8. The zero-order valence-corrected chi connectivity index (χ0v) is 12.7. The Kier molecular flexibility index (Phi) is 6.61. The first-order chi connectivity index (χ1) is 8.49. The third-order valence-electron chi connectivity index (χ3n) is 4.29. The van der Waals surface area contributed by atoms with E-state index in [-0.39, 0.29) is 0 Å². The van der Waals surface area contributed by atoms with E-state index in [9.17, 15) is 0 Å². The molecule has 0 spiro atoms. The summed E-state index contributed by atoms with van der Waals surface area (Å²) >= 11 is 0. The highest BCUT2D eigenvalue weighted by atomic mass is 16.3. The van der Waals surface area contributed by atoms with Crippen LogP contribution in [0.4, 0.5) is 0 Å². The van der Waals surface area contributed by atoms with Crippen LogP contribution < -0.4 is 5.32 Å². The summed E-state index contributed by atoms with van der Waals surface area (Å²) in [5, 5.41) is 12.5. The lowest BCUT2D eigenvalue weighted by molar-refractivity contribution is 0.104. The first-order valence-corrected chi connectivity index (χ1v) is 7.51. The average molecular weight is 256 g/mol. The molecule has 2 N–H and O–H groups in total. The molecule has 1 fully saturated rings. The van der Waals surface area contributed by atoms with Gasteiger partial charge >= 0.3 is 0 Å². The normalized spacial score (nSPS) is 19.0. The van der Waals surface area contributed by atoms with Gasteiger partial charge in [-0.2, -0.15) is 0 Å². The van der Waals surface area contributed by atoms with Crippen molar-refractivity contribution in [2.45, 2.75) is 65.0 Å². The molecule has 0 amide bonds. The Morgan fingerprint density at radius 3 is 2.33 bits per heavy atom. The fraction of sp³-hybridized carbons (Fsp3) is 1.00. The highest BCUT2D eigenvalue weighted by molar-refractivity contribution is 4.84. The second kappa shape index (κ2) is 7.46. The van der Waals surface area contributed by atoms with Crippen LogP contribution in [-0.2, 0) is 0 Å². The van der Waals surface area contributed by atoms with Gasteiger partial charge in [0.2, 0.25) is 0 Å². The van der Waals surface area contributed by atoms with Gasteiger partial charge in [-0.25, -0.2) is 0 Å². The zero-order chi connectivity index (χ0) is 13.6. The predicted octanol–water partition coefficient (Wildman–Crippen LogP) is 2.25. The Morgan fingerprint density at radius 1 is 1.28 bits per heavy atom. The standard InChI is InChI=1S/C15H32N2O/c1-15(2,3)14(16-4)9-11-17(10-6-12-18)13-7-5-8-13/h13-14,16,18H,5-12H2,1-4H3. The second-order valence-electron chi connectivity index (χ2n) is 6.69. The largest absolute Gasteiger partial charge is 0.396 e. The molecule has 3 nitrogen and oxygen atoms in total. The van der Waals surface area contributed by atoms with Gasteiger partial charge in [0.15, 0.2) is 0 Å².